The van der Waals surface area contributed by atoms with E-state index in [1.165, 1.54) is 11.8 Å². The molecule has 0 aliphatic carbocycles. The fourth-order valence-corrected chi connectivity index (χ4v) is 3.54. The van der Waals surface area contributed by atoms with Crippen molar-refractivity contribution in [2.45, 2.75) is 18.1 Å². The van der Waals surface area contributed by atoms with Gasteiger partial charge in [0.1, 0.15) is 11.6 Å². The standard InChI is InChI=1S/C20H23N5O2S/c1-4-11-25-18(13-15-8-7-12-24(15)2)22-23-20(25)28-14-19(26)21-16-9-5-6-10-17(16)27-3/h4-10,12H,1,11,13-14H2,2-3H3,(H,21,26). The lowest BCUT2D eigenvalue weighted by atomic mass is 10.3. The van der Waals surface area contributed by atoms with Crippen molar-refractivity contribution in [3.63, 3.8) is 0 Å². The molecule has 0 atom stereocenters. The third-order valence-corrected chi connectivity index (χ3v) is 5.18. The summed E-state index contributed by atoms with van der Waals surface area (Å²) in [6.07, 6.45) is 4.47. The molecule has 146 valence electrons. The molecule has 3 rings (SSSR count). The predicted octanol–water partition coefficient (Wildman–Crippen LogP) is 3.13. The summed E-state index contributed by atoms with van der Waals surface area (Å²) < 4.78 is 9.31. The van der Waals surface area contributed by atoms with E-state index in [1.54, 1.807) is 25.3 Å². The maximum Gasteiger partial charge on any atom is 0.234 e. The van der Waals surface area contributed by atoms with Crippen LogP contribution in [0.1, 0.15) is 11.5 Å². The molecule has 0 aliphatic rings. The van der Waals surface area contributed by atoms with Gasteiger partial charge in [-0.2, -0.15) is 0 Å². The average molecular weight is 398 g/mol. The molecule has 1 amide bonds. The van der Waals surface area contributed by atoms with Crippen molar-refractivity contribution in [3.05, 3.63) is 66.8 Å². The minimum atomic E-state index is -0.133. The molecule has 0 spiro atoms. The molecule has 3 aromatic rings. The number of hydrogen-bond acceptors (Lipinski definition) is 5. The quantitative estimate of drug-likeness (QED) is 0.444. The largest absolute Gasteiger partial charge is 0.495 e. The number of allylic oxidation sites excluding steroid dienone is 1. The van der Waals surface area contributed by atoms with Crippen LogP contribution in [-0.2, 0) is 24.8 Å². The van der Waals surface area contributed by atoms with Crippen molar-refractivity contribution in [2.75, 3.05) is 18.2 Å². The van der Waals surface area contributed by atoms with Crippen molar-refractivity contribution in [1.82, 2.24) is 19.3 Å². The number of anilines is 1. The highest BCUT2D eigenvalue weighted by Crippen LogP contribution is 2.24. The van der Waals surface area contributed by atoms with E-state index in [9.17, 15) is 4.79 Å². The summed E-state index contributed by atoms with van der Waals surface area (Å²) in [7, 11) is 3.58. The number of thioether (sulfide) groups is 1. The van der Waals surface area contributed by atoms with Gasteiger partial charge in [0.2, 0.25) is 5.91 Å². The maximum absolute atomic E-state index is 12.4. The number of hydrogen-bond donors (Lipinski definition) is 1. The van der Waals surface area contributed by atoms with Crippen LogP contribution in [0.5, 0.6) is 5.75 Å². The lowest BCUT2D eigenvalue weighted by molar-refractivity contribution is -0.113. The third-order valence-electron chi connectivity index (χ3n) is 4.21. The number of ether oxygens (including phenoxy) is 1. The van der Waals surface area contributed by atoms with Crippen LogP contribution in [-0.4, -0.2) is 38.1 Å². The van der Waals surface area contributed by atoms with Gasteiger partial charge in [0, 0.05) is 31.9 Å². The first-order valence-electron chi connectivity index (χ1n) is 8.81. The van der Waals surface area contributed by atoms with Gasteiger partial charge in [-0.3, -0.25) is 4.79 Å². The van der Waals surface area contributed by atoms with Crippen molar-refractivity contribution in [2.24, 2.45) is 7.05 Å². The lowest BCUT2D eigenvalue weighted by Crippen LogP contribution is -2.15. The van der Waals surface area contributed by atoms with Gasteiger partial charge in [-0.15, -0.1) is 16.8 Å². The Morgan fingerprint density at radius 2 is 2.11 bits per heavy atom. The first-order valence-corrected chi connectivity index (χ1v) is 9.79. The Morgan fingerprint density at radius 3 is 2.82 bits per heavy atom. The summed E-state index contributed by atoms with van der Waals surface area (Å²) in [6, 6.07) is 11.4. The van der Waals surface area contributed by atoms with Gasteiger partial charge in [-0.05, 0) is 24.3 Å². The monoisotopic (exact) mass is 397 g/mol. The van der Waals surface area contributed by atoms with Gasteiger partial charge < -0.3 is 19.2 Å². The average Bonchev–Trinajstić information content (AvgIpc) is 3.27. The Bertz CT molecular complexity index is 963. The molecule has 0 fully saturated rings. The zero-order valence-corrected chi connectivity index (χ0v) is 16.8. The highest BCUT2D eigenvalue weighted by Gasteiger charge is 2.15. The summed E-state index contributed by atoms with van der Waals surface area (Å²) >= 11 is 1.35. The molecule has 28 heavy (non-hydrogen) atoms. The number of benzene rings is 1. The molecule has 2 heterocycles. The Morgan fingerprint density at radius 1 is 1.29 bits per heavy atom. The highest BCUT2D eigenvalue weighted by molar-refractivity contribution is 7.99. The van der Waals surface area contributed by atoms with Crippen LogP contribution in [0.2, 0.25) is 0 Å². The minimum absolute atomic E-state index is 0.133. The summed E-state index contributed by atoms with van der Waals surface area (Å²) in [5.74, 6) is 1.55. The van der Waals surface area contributed by atoms with E-state index >= 15 is 0 Å². The topological polar surface area (TPSA) is 74.0 Å². The molecule has 0 radical (unpaired) electrons. The van der Waals surface area contributed by atoms with Crippen molar-refractivity contribution >= 4 is 23.4 Å². The van der Waals surface area contributed by atoms with Crippen molar-refractivity contribution in [1.29, 1.82) is 0 Å². The lowest BCUT2D eigenvalue weighted by Gasteiger charge is -2.10. The van der Waals surface area contributed by atoms with Crippen molar-refractivity contribution < 1.29 is 9.53 Å². The second kappa shape index (κ2) is 9.27. The van der Waals surface area contributed by atoms with E-state index in [-0.39, 0.29) is 11.7 Å². The smallest absolute Gasteiger partial charge is 0.234 e. The Kier molecular flexibility index (Phi) is 6.54. The van der Waals surface area contributed by atoms with E-state index in [2.05, 4.69) is 32.7 Å². The van der Waals surface area contributed by atoms with Crippen molar-refractivity contribution in [3.8, 4) is 5.75 Å². The summed E-state index contributed by atoms with van der Waals surface area (Å²) in [5.41, 5.74) is 1.79. The fourth-order valence-electron chi connectivity index (χ4n) is 2.78. The molecular weight excluding hydrogens is 374 g/mol. The molecule has 0 saturated heterocycles. The van der Waals surface area contributed by atoms with Crippen LogP contribution in [0.25, 0.3) is 0 Å². The predicted molar refractivity (Wildman–Crippen MR) is 111 cm³/mol. The molecule has 2 aromatic heterocycles. The summed E-state index contributed by atoms with van der Waals surface area (Å²) in [5, 5.41) is 12.2. The van der Waals surface area contributed by atoms with Gasteiger partial charge in [0.05, 0.1) is 18.6 Å². The SMILES string of the molecule is C=CCn1c(Cc2cccn2C)nnc1SCC(=O)Nc1ccccc1OC. The normalized spacial score (nSPS) is 10.6. The van der Waals surface area contributed by atoms with Gasteiger partial charge in [-0.25, -0.2) is 0 Å². The second-order valence-corrected chi connectivity index (χ2v) is 7.06. The Hall–Kier alpha value is -3.00. The van der Waals surface area contributed by atoms with Gasteiger partial charge >= 0.3 is 0 Å². The third kappa shape index (κ3) is 4.64. The molecular formula is C20H23N5O2S. The second-order valence-electron chi connectivity index (χ2n) is 6.12. The summed E-state index contributed by atoms with van der Waals surface area (Å²) in [4.78, 5) is 12.4. The zero-order chi connectivity index (χ0) is 19.9. The van der Waals surface area contributed by atoms with Gasteiger partial charge in [0.15, 0.2) is 5.16 Å². The first-order chi connectivity index (χ1) is 13.6. The Balaban J connectivity index is 1.67. The van der Waals surface area contributed by atoms with E-state index in [1.807, 2.05) is 36.0 Å². The molecule has 7 nitrogen and oxygen atoms in total. The fraction of sp³-hybridized carbons (Fsp3) is 0.250. The number of aromatic nitrogens is 4. The first kappa shape index (κ1) is 19.8. The number of rotatable bonds is 9. The molecule has 1 N–H and O–H groups in total. The maximum atomic E-state index is 12.4. The van der Waals surface area contributed by atoms with Crippen LogP contribution < -0.4 is 10.1 Å². The van der Waals surface area contributed by atoms with Crippen LogP contribution in [0, 0.1) is 0 Å². The van der Waals surface area contributed by atoms with Crippen LogP contribution in [0.3, 0.4) is 0 Å². The number of nitrogens with zero attached hydrogens (tertiary/aromatic N) is 4. The van der Waals surface area contributed by atoms with E-state index in [4.69, 9.17) is 4.74 Å². The number of carbonyl (C=O) groups is 1. The highest BCUT2D eigenvalue weighted by atomic mass is 32.2. The molecule has 0 unspecified atom stereocenters. The molecule has 1 aromatic carbocycles. The molecule has 8 heteroatoms. The molecule has 0 aliphatic heterocycles. The molecule has 0 saturated carbocycles. The Labute approximate surface area is 168 Å². The number of amides is 1. The number of methoxy groups -OCH3 is 1. The van der Waals surface area contributed by atoms with E-state index in [0.717, 1.165) is 11.5 Å². The zero-order valence-electron chi connectivity index (χ0n) is 16.0. The van der Waals surface area contributed by atoms with Gasteiger partial charge in [0.25, 0.3) is 0 Å². The number of nitrogens with one attached hydrogen (secondary N) is 1. The van der Waals surface area contributed by atoms with E-state index < -0.39 is 0 Å². The van der Waals surface area contributed by atoms with Crippen LogP contribution in [0.15, 0.2) is 60.4 Å². The summed E-state index contributed by atoms with van der Waals surface area (Å²) in [6.45, 7) is 4.41. The molecule has 0 bridgehead atoms. The van der Waals surface area contributed by atoms with E-state index in [0.29, 0.717) is 29.6 Å². The van der Waals surface area contributed by atoms with Gasteiger partial charge in [-0.1, -0.05) is 30.0 Å². The minimum Gasteiger partial charge on any atom is -0.495 e. The van der Waals surface area contributed by atoms with Crippen LogP contribution in [0.4, 0.5) is 5.69 Å². The number of para-hydroxylation sites is 2. The number of carbonyl (C=O) groups excluding carboxylic acids is 1. The number of aryl methyl sites for hydroxylation is 1. The van der Waals surface area contributed by atoms with Crippen LogP contribution >= 0.6 is 11.8 Å².